The van der Waals surface area contributed by atoms with Crippen molar-refractivity contribution in [3.8, 4) is 5.75 Å². The van der Waals surface area contributed by atoms with Crippen LogP contribution in [0.2, 0.25) is 10.0 Å². The molecule has 0 unspecified atom stereocenters. The molecule has 0 spiro atoms. The summed E-state index contributed by atoms with van der Waals surface area (Å²) >= 11 is 18.7. The minimum Gasteiger partial charge on any atom is -0.488 e. The fraction of sp³-hybridized carbons (Fsp3) is 0.194. The second-order valence-electron chi connectivity index (χ2n) is 9.29. The molecule has 1 atom stereocenters. The van der Waals surface area contributed by atoms with Gasteiger partial charge >= 0.3 is 5.97 Å². The van der Waals surface area contributed by atoms with E-state index in [4.69, 9.17) is 32.7 Å². The van der Waals surface area contributed by atoms with E-state index in [1.165, 1.54) is 11.3 Å². The van der Waals surface area contributed by atoms with Gasteiger partial charge < -0.3 is 9.47 Å². The third-order valence-corrected chi connectivity index (χ3v) is 9.53. The van der Waals surface area contributed by atoms with Gasteiger partial charge in [0.25, 0.3) is 5.56 Å². The normalized spacial score (nSPS) is 14.9. The predicted octanol–water partition coefficient (Wildman–Crippen LogP) is 7.17. The van der Waals surface area contributed by atoms with E-state index in [2.05, 4.69) is 20.9 Å². The van der Waals surface area contributed by atoms with E-state index >= 15 is 0 Å². The molecule has 2 heterocycles. The van der Waals surface area contributed by atoms with E-state index in [0.717, 1.165) is 26.1 Å². The van der Waals surface area contributed by atoms with E-state index in [1.807, 2.05) is 60.9 Å². The van der Waals surface area contributed by atoms with E-state index in [9.17, 15) is 9.59 Å². The number of nitrogens with zero attached hydrogens (tertiary/aromatic N) is 2. The van der Waals surface area contributed by atoms with Gasteiger partial charge in [0.05, 0.1) is 32.9 Å². The molecule has 42 heavy (non-hydrogen) atoms. The fourth-order valence-electron chi connectivity index (χ4n) is 4.56. The van der Waals surface area contributed by atoms with Crippen molar-refractivity contribution in [1.29, 1.82) is 0 Å². The van der Waals surface area contributed by atoms with Crippen LogP contribution in [-0.2, 0) is 16.1 Å². The standard InChI is InChI=1S/C31H25BrCl2N2O4S2/c1-4-39-30(38)27-17(2)35-31-36(28(27)19-7-10-22(41-3)11-8-19)29(37)26(42-31)14-18-5-12-25(23(32)13-18)40-16-20-6-9-21(33)15-24(20)34/h5-15,28H,4,16H2,1-3H3/b26-14-/t28-/m0/s1. The van der Waals surface area contributed by atoms with Crippen LogP contribution in [0.3, 0.4) is 0 Å². The van der Waals surface area contributed by atoms with Crippen LogP contribution in [-0.4, -0.2) is 23.4 Å². The van der Waals surface area contributed by atoms with Crippen molar-refractivity contribution in [3.05, 3.63) is 123 Å². The first-order valence-corrected chi connectivity index (χ1v) is 16.5. The second-order valence-corrected chi connectivity index (χ2v) is 12.9. The highest BCUT2D eigenvalue weighted by Gasteiger charge is 2.33. The first-order valence-electron chi connectivity index (χ1n) is 12.9. The summed E-state index contributed by atoms with van der Waals surface area (Å²) in [6.45, 7) is 4.03. The number of esters is 1. The van der Waals surface area contributed by atoms with Crippen LogP contribution in [0.25, 0.3) is 6.08 Å². The lowest BCUT2D eigenvalue weighted by molar-refractivity contribution is -0.139. The number of fused-ring (bicyclic) bond motifs is 1. The summed E-state index contributed by atoms with van der Waals surface area (Å²) in [5.74, 6) is 0.148. The topological polar surface area (TPSA) is 69.9 Å². The van der Waals surface area contributed by atoms with Crippen LogP contribution in [0.4, 0.5) is 0 Å². The van der Waals surface area contributed by atoms with E-state index < -0.39 is 12.0 Å². The maximum atomic E-state index is 13.9. The molecule has 3 aromatic carbocycles. The number of halogens is 3. The maximum absolute atomic E-state index is 13.9. The van der Waals surface area contributed by atoms with Crippen molar-refractivity contribution < 1.29 is 14.3 Å². The number of hydrogen-bond donors (Lipinski definition) is 0. The van der Waals surface area contributed by atoms with Crippen LogP contribution in [0.1, 0.15) is 36.6 Å². The Morgan fingerprint density at radius 3 is 2.57 bits per heavy atom. The Hall–Kier alpha value is -2.82. The van der Waals surface area contributed by atoms with Crippen LogP contribution in [0, 0.1) is 0 Å². The molecule has 0 fully saturated rings. The van der Waals surface area contributed by atoms with Crippen LogP contribution in [0.15, 0.2) is 91.1 Å². The highest BCUT2D eigenvalue weighted by Crippen LogP contribution is 2.32. The number of benzene rings is 3. The van der Waals surface area contributed by atoms with Gasteiger partial charge in [0.2, 0.25) is 0 Å². The number of aromatic nitrogens is 1. The lowest BCUT2D eigenvalue weighted by Gasteiger charge is -2.24. The second kappa shape index (κ2) is 13.2. The average molecular weight is 704 g/mol. The molecule has 4 aromatic rings. The van der Waals surface area contributed by atoms with Crippen molar-refractivity contribution in [2.45, 2.75) is 31.4 Å². The van der Waals surface area contributed by atoms with Crippen molar-refractivity contribution in [2.75, 3.05) is 12.9 Å². The van der Waals surface area contributed by atoms with Gasteiger partial charge in [-0.2, -0.15) is 0 Å². The summed E-state index contributed by atoms with van der Waals surface area (Å²) < 4.78 is 14.2. The number of thiazole rings is 1. The highest BCUT2D eigenvalue weighted by molar-refractivity contribution is 9.10. The SMILES string of the molecule is CCOC(=O)C1=C(C)N=c2s/c(=C\c3ccc(OCc4ccc(Cl)cc4Cl)c(Br)c3)c(=O)n2[C@H]1c1ccc(SC)cc1. The third kappa shape index (κ3) is 6.40. The Bertz CT molecular complexity index is 1880. The monoisotopic (exact) mass is 702 g/mol. The Morgan fingerprint density at radius 1 is 1.14 bits per heavy atom. The first kappa shape index (κ1) is 30.6. The van der Waals surface area contributed by atoms with Gasteiger partial charge in [-0.15, -0.1) is 11.8 Å². The number of carbonyl (C=O) groups is 1. The summed E-state index contributed by atoms with van der Waals surface area (Å²) in [5.41, 5.74) is 3.08. The largest absolute Gasteiger partial charge is 0.488 e. The van der Waals surface area contributed by atoms with E-state index in [1.54, 1.807) is 42.3 Å². The smallest absolute Gasteiger partial charge is 0.338 e. The van der Waals surface area contributed by atoms with Crippen molar-refractivity contribution in [3.63, 3.8) is 0 Å². The molecule has 1 aliphatic heterocycles. The Morgan fingerprint density at radius 2 is 1.90 bits per heavy atom. The molecule has 1 aromatic heterocycles. The molecule has 0 aliphatic carbocycles. The third-order valence-electron chi connectivity index (χ3n) is 6.60. The lowest BCUT2D eigenvalue weighted by atomic mass is 9.96. The number of rotatable bonds is 8. The molecule has 6 nitrogen and oxygen atoms in total. The molecular weight excluding hydrogens is 679 g/mol. The minimum atomic E-state index is -0.652. The molecule has 0 amide bonds. The number of hydrogen-bond acceptors (Lipinski definition) is 7. The van der Waals surface area contributed by atoms with Crippen molar-refractivity contribution in [1.82, 2.24) is 4.57 Å². The number of allylic oxidation sites excluding steroid dienone is 1. The Balaban J connectivity index is 1.51. The first-order chi connectivity index (χ1) is 20.2. The number of thioether (sulfide) groups is 1. The summed E-state index contributed by atoms with van der Waals surface area (Å²) in [7, 11) is 0. The Kier molecular flexibility index (Phi) is 9.64. The maximum Gasteiger partial charge on any atom is 0.338 e. The minimum absolute atomic E-state index is 0.222. The van der Waals surface area contributed by atoms with E-state index in [-0.39, 0.29) is 18.8 Å². The lowest BCUT2D eigenvalue weighted by Crippen LogP contribution is -2.39. The quantitative estimate of drug-likeness (QED) is 0.144. The highest BCUT2D eigenvalue weighted by atomic mass is 79.9. The average Bonchev–Trinajstić information content (AvgIpc) is 3.26. The summed E-state index contributed by atoms with van der Waals surface area (Å²) in [6.07, 6.45) is 3.81. The molecule has 5 rings (SSSR count). The van der Waals surface area contributed by atoms with Crippen molar-refractivity contribution in [2.24, 2.45) is 4.99 Å². The molecule has 0 N–H and O–H groups in total. The molecule has 0 saturated heterocycles. The van der Waals surface area contributed by atoms with Gasteiger partial charge in [0.1, 0.15) is 12.4 Å². The molecule has 0 saturated carbocycles. The van der Waals surface area contributed by atoms with Gasteiger partial charge in [0, 0.05) is 20.5 Å². The Labute approximate surface area is 269 Å². The fourth-order valence-corrected chi connectivity index (χ4v) is 6.99. The van der Waals surface area contributed by atoms with Gasteiger partial charge in [-0.3, -0.25) is 9.36 Å². The molecule has 1 aliphatic rings. The zero-order valence-corrected chi connectivity index (χ0v) is 27.6. The van der Waals surface area contributed by atoms with Gasteiger partial charge in [-0.1, -0.05) is 58.8 Å². The molecule has 11 heteroatoms. The molecular formula is C31H25BrCl2N2O4S2. The molecule has 0 bridgehead atoms. The van der Waals surface area contributed by atoms with Crippen molar-refractivity contribution >= 4 is 74.3 Å². The number of ether oxygens (including phenoxy) is 2. The molecule has 0 radical (unpaired) electrons. The summed E-state index contributed by atoms with van der Waals surface area (Å²) in [6, 6.07) is 18.0. The van der Waals surface area contributed by atoms with Crippen LogP contribution in [0.5, 0.6) is 5.75 Å². The summed E-state index contributed by atoms with van der Waals surface area (Å²) in [5, 5.41) is 1.09. The summed E-state index contributed by atoms with van der Waals surface area (Å²) in [4.78, 5) is 33.2. The number of carbonyl (C=O) groups excluding carboxylic acids is 1. The predicted molar refractivity (Wildman–Crippen MR) is 174 cm³/mol. The zero-order valence-electron chi connectivity index (χ0n) is 22.8. The zero-order chi connectivity index (χ0) is 30.0. The van der Waals surface area contributed by atoms with Gasteiger partial charge in [0.15, 0.2) is 4.80 Å². The van der Waals surface area contributed by atoms with Crippen LogP contribution < -0.4 is 19.6 Å². The van der Waals surface area contributed by atoms with Gasteiger partial charge in [-0.05, 0) is 89.6 Å². The van der Waals surface area contributed by atoms with Crippen LogP contribution >= 0.6 is 62.2 Å². The van der Waals surface area contributed by atoms with Gasteiger partial charge in [-0.25, -0.2) is 9.79 Å². The molecule has 216 valence electrons. The van der Waals surface area contributed by atoms with E-state index in [0.29, 0.717) is 36.4 Å².